The molecule has 2 heterocycles. The summed E-state index contributed by atoms with van der Waals surface area (Å²) in [6.45, 7) is 7.07. The van der Waals surface area contributed by atoms with Gasteiger partial charge in [0.15, 0.2) is 0 Å². The summed E-state index contributed by atoms with van der Waals surface area (Å²) in [5.41, 5.74) is 7.46. The molecule has 0 saturated carbocycles. The van der Waals surface area contributed by atoms with Crippen molar-refractivity contribution in [1.82, 2.24) is 18.8 Å². The number of sulfonamides is 1. The molecule has 1 aliphatic rings. The highest BCUT2D eigenvalue weighted by Gasteiger charge is 2.35. The van der Waals surface area contributed by atoms with Crippen molar-refractivity contribution in [3.63, 3.8) is 0 Å². The van der Waals surface area contributed by atoms with Gasteiger partial charge in [0.1, 0.15) is 5.82 Å². The first kappa shape index (κ1) is 29.2. The van der Waals surface area contributed by atoms with E-state index in [1.54, 1.807) is 48.5 Å². The van der Waals surface area contributed by atoms with Crippen LogP contribution in [-0.4, -0.2) is 66.4 Å². The van der Waals surface area contributed by atoms with Crippen LogP contribution in [0.2, 0.25) is 0 Å². The number of rotatable bonds is 8. The molecule has 1 aromatic heterocycles. The summed E-state index contributed by atoms with van der Waals surface area (Å²) in [5, 5.41) is 0. The van der Waals surface area contributed by atoms with E-state index >= 15 is 0 Å². The summed E-state index contributed by atoms with van der Waals surface area (Å²) in [5.74, 6) is -0.355. The number of carbonyl (C=O) groups excluding carboxylic acids is 1. The van der Waals surface area contributed by atoms with Crippen LogP contribution in [0.1, 0.15) is 46.9 Å². The molecule has 4 rings (SSSR count). The molecule has 1 fully saturated rings. The van der Waals surface area contributed by atoms with E-state index in [1.807, 2.05) is 25.7 Å². The topological polar surface area (TPSA) is 148 Å². The van der Waals surface area contributed by atoms with Crippen LogP contribution >= 0.6 is 0 Å². The Morgan fingerprint density at radius 2 is 1.60 bits per heavy atom. The number of nitrogens with zero attached hydrogens (tertiary/aromatic N) is 3. The van der Waals surface area contributed by atoms with Gasteiger partial charge in [-0.25, -0.2) is 18.0 Å². The second kappa shape index (κ2) is 11.8. The minimum absolute atomic E-state index is 0.0548. The van der Waals surface area contributed by atoms with E-state index in [4.69, 9.17) is 10.5 Å². The Hall–Kier alpha value is -3.74. The van der Waals surface area contributed by atoms with Crippen LogP contribution < -0.4 is 17.0 Å². The Balaban J connectivity index is 1.73. The van der Waals surface area contributed by atoms with E-state index < -0.39 is 33.3 Å². The number of benzene rings is 2. The SMILES string of the molecule is COC(=O)c1ccc(C(c2c(N)n(CC(C)C)c(=O)[nH]c2=O)N2CCN(S(=O)(=O)c3ccc(C)cc3)CC2)cc1. The van der Waals surface area contributed by atoms with Gasteiger partial charge in [-0.2, -0.15) is 4.31 Å². The number of nitrogens with one attached hydrogen (secondary N) is 1. The van der Waals surface area contributed by atoms with Crippen molar-refractivity contribution in [2.24, 2.45) is 5.92 Å². The standard InChI is InChI=1S/C28H35N5O6S/c1-18(2)17-33-25(29)23(26(34)30-28(33)36)24(20-7-9-21(10-8-20)27(35)39-4)31-13-15-32(16-14-31)40(37,38)22-11-5-19(3)6-12-22/h5-12,18,24H,13-17,29H2,1-4H3,(H,30,34,36). The van der Waals surface area contributed by atoms with Crippen LogP contribution in [0, 0.1) is 12.8 Å². The largest absolute Gasteiger partial charge is 0.465 e. The van der Waals surface area contributed by atoms with E-state index in [2.05, 4.69) is 4.98 Å². The Kier molecular flexibility index (Phi) is 8.62. The molecule has 1 saturated heterocycles. The number of ether oxygens (including phenoxy) is 1. The van der Waals surface area contributed by atoms with Crippen LogP contribution in [0.4, 0.5) is 5.82 Å². The van der Waals surface area contributed by atoms with Gasteiger partial charge in [-0.1, -0.05) is 43.7 Å². The van der Waals surface area contributed by atoms with Crippen LogP contribution in [0.3, 0.4) is 0 Å². The zero-order valence-electron chi connectivity index (χ0n) is 23.1. The number of piperazine rings is 1. The summed E-state index contributed by atoms with van der Waals surface area (Å²) in [6.07, 6.45) is 0. The van der Waals surface area contributed by atoms with E-state index in [-0.39, 0.29) is 35.3 Å². The number of carbonyl (C=O) groups is 1. The lowest BCUT2D eigenvalue weighted by atomic mass is 9.96. The normalized spacial score (nSPS) is 15.7. The van der Waals surface area contributed by atoms with Crippen molar-refractivity contribution in [3.8, 4) is 0 Å². The highest BCUT2D eigenvalue weighted by molar-refractivity contribution is 7.89. The molecule has 1 atom stereocenters. The maximum absolute atomic E-state index is 13.3. The Labute approximate surface area is 233 Å². The molecule has 214 valence electrons. The molecule has 0 radical (unpaired) electrons. The first-order chi connectivity index (χ1) is 18.9. The van der Waals surface area contributed by atoms with Gasteiger partial charge >= 0.3 is 11.7 Å². The smallest absolute Gasteiger partial charge is 0.337 e. The van der Waals surface area contributed by atoms with Gasteiger partial charge in [-0.15, -0.1) is 0 Å². The number of aryl methyl sites for hydroxylation is 1. The minimum atomic E-state index is -3.70. The second-order valence-electron chi connectivity index (χ2n) is 10.3. The quantitative estimate of drug-likeness (QED) is 0.391. The zero-order chi connectivity index (χ0) is 29.2. The molecule has 0 bridgehead atoms. The van der Waals surface area contributed by atoms with E-state index in [0.29, 0.717) is 30.8 Å². The Bertz CT molecular complexity index is 1590. The third-order valence-electron chi connectivity index (χ3n) is 7.04. The third kappa shape index (κ3) is 5.88. The van der Waals surface area contributed by atoms with Crippen LogP contribution in [0.15, 0.2) is 63.0 Å². The number of esters is 1. The Morgan fingerprint density at radius 3 is 2.15 bits per heavy atom. The molecule has 0 aliphatic carbocycles. The number of nitrogens with two attached hydrogens (primary N) is 1. The maximum Gasteiger partial charge on any atom is 0.337 e. The summed E-state index contributed by atoms with van der Waals surface area (Å²) in [4.78, 5) is 42.5. The molecular weight excluding hydrogens is 534 g/mol. The second-order valence-corrected chi connectivity index (χ2v) is 12.3. The summed E-state index contributed by atoms with van der Waals surface area (Å²) in [7, 11) is -2.41. The number of aromatic amines is 1. The average Bonchev–Trinajstić information content (AvgIpc) is 2.93. The first-order valence-electron chi connectivity index (χ1n) is 13.1. The fraction of sp³-hybridized carbons (Fsp3) is 0.393. The summed E-state index contributed by atoms with van der Waals surface area (Å²) >= 11 is 0. The van der Waals surface area contributed by atoms with Crippen molar-refractivity contribution >= 4 is 21.8 Å². The van der Waals surface area contributed by atoms with Crippen LogP contribution in [0.5, 0.6) is 0 Å². The van der Waals surface area contributed by atoms with Gasteiger partial charge in [0.2, 0.25) is 10.0 Å². The zero-order valence-corrected chi connectivity index (χ0v) is 23.9. The predicted octanol–water partition coefficient (Wildman–Crippen LogP) is 1.97. The van der Waals surface area contributed by atoms with Crippen molar-refractivity contribution in [1.29, 1.82) is 0 Å². The summed E-state index contributed by atoms with van der Waals surface area (Å²) < 4.78 is 34.2. The van der Waals surface area contributed by atoms with Crippen LogP contribution in [0.25, 0.3) is 0 Å². The monoisotopic (exact) mass is 569 g/mol. The molecule has 2 aromatic carbocycles. The lowest BCUT2D eigenvalue weighted by molar-refractivity contribution is 0.0600. The lowest BCUT2D eigenvalue weighted by Crippen LogP contribution is -2.51. The van der Waals surface area contributed by atoms with Gasteiger partial charge in [-0.05, 0) is 42.7 Å². The fourth-order valence-corrected chi connectivity index (χ4v) is 6.38. The number of anilines is 1. The molecule has 0 amide bonds. The van der Waals surface area contributed by atoms with Crippen molar-refractivity contribution in [3.05, 3.63) is 91.6 Å². The number of aromatic nitrogens is 2. The Morgan fingerprint density at radius 1 is 1.00 bits per heavy atom. The number of hydrogen-bond donors (Lipinski definition) is 2. The molecule has 3 N–H and O–H groups in total. The molecule has 3 aromatic rings. The minimum Gasteiger partial charge on any atom is -0.465 e. The third-order valence-corrected chi connectivity index (χ3v) is 8.96. The highest BCUT2D eigenvalue weighted by Crippen LogP contribution is 2.32. The predicted molar refractivity (Wildman–Crippen MR) is 152 cm³/mol. The molecular formula is C28H35N5O6S. The van der Waals surface area contributed by atoms with Gasteiger partial charge in [0.05, 0.1) is 29.2 Å². The van der Waals surface area contributed by atoms with Gasteiger partial charge < -0.3 is 10.5 Å². The van der Waals surface area contributed by atoms with Crippen molar-refractivity contribution < 1.29 is 17.9 Å². The molecule has 0 spiro atoms. The number of methoxy groups -OCH3 is 1. The highest BCUT2D eigenvalue weighted by atomic mass is 32.2. The molecule has 12 heteroatoms. The van der Waals surface area contributed by atoms with Gasteiger partial charge in [0.25, 0.3) is 5.56 Å². The van der Waals surface area contributed by atoms with E-state index in [9.17, 15) is 22.8 Å². The summed E-state index contributed by atoms with van der Waals surface area (Å²) in [6, 6.07) is 12.6. The van der Waals surface area contributed by atoms with Gasteiger partial charge in [0, 0.05) is 32.7 Å². The van der Waals surface area contributed by atoms with Crippen molar-refractivity contribution in [2.45, 2.75) is 38.3 Å². The van der Waals surface area contributed by atoms with Crippen molar-refractivity contribution in [2.75, 3.05) is 39.0 Å². The average molecular weight is 570 g/mol. The van der Waals surface area contributed by atoms with Crippen LogP contribution in [-0.2, 0) is 21.3 Å². The molecule has 40 heavy (non-hydrogen) atoms. The molecule has 1 aliphatic heterocycles. The van der Waals surface area contributed by atoms with E-state index in [1.165, 1.54) is 16.0 Å². The fourth-order valence-electron chi connectivity index (χ4n) is 4.95. The molecule has 1 unspecified atom stereocenters. The number of hydrogen-bond acceptors (Lipinski definition) is 8. The number of H-pyrrole nitrogens is 1. The van der Waals surface area contributed by atoms with Gasteiger partial charge in [-0.3, -0.25) is 19.2 Å². The lowest BCUT2D eigenvalue weighted by Gasteiger charge is -2.39. The number of nitrogen functional groups attached to an aromatic ring is 1. The maximum atomic E-state index is 13.3. The first-order valence-corrected chi connectivity index (χ1v) is 14.5. The van der Waals surface area contributed by atoms with E-state index in [0.717, 1.165) is 5.56 Å². The molecule has 11 nitrogen and oxygen atoms in total.